The predicted octanol–water partition coefficient (Wildman–Crippen LogP) is 2.07. The van der Waals surface area contributed by atoms with E-state index in [0.717, 1.165) is 5.39 Å². The second-order valence-electron chi connectivity index (χ2n) is 4.35. The van der Waals surface area contributed by atoms with Crippen LogP contribution in [-0.2, 0) is 10.0 Å². The molecule has 0 spiro atoms. The molecule has 0 aliphatic carbocycles. The number of nitrogens with zero attached hydrogens (tertiary/aromatic N) is 2. The van der Waals surface area contributed by atoms with Crippen molar-refractivity contribution in [3.8, 4) is 0 Å². The maximum absolute atomic E-state index is 12.3. The molecule has 0 radical (unpaired) electrons. The van der Waals surface area contributed by atoms with E-state index in [-0.39, 0.29) is 4.90 Å². The molecule has 0 fully saturated rings. The third kappa shape index (κ3) is 2.12. The van der Waals surface area contributed by atoms with E-state index in [1.807, 2.05) is 12.1 Å². The van der Waals surface area contributed by atoms with Gasteiger partial charge in [-0.15, -0.1) is 0 Å². The number of pyridine rings is 1. The van der Waals surface area contributed by atoms with Gasteiger partial charge in [0.05, 0.1) is 23.1 Å². The van der Waals surface area contributed by atoms with Crippen LogP contribution in [-0.4, -0.2) is 23.6 Å². The number of para-hydroxylation sites is 1. The Morgan fingerprint density at radius 3 is 2.75 bits per heavy atom. The fourth-order valence-corrected chi connectivity index (χ4v) is 3.20. The summed E-state index contributed by atoms with van der Waals surface area (Å²) >= 11 is 0. The molecule has 2 heterocycles. The number of hydrogen-bond donors (Lipinski definition) is 2. The van der Waals surface area contributed by atoms with Crippen molar-refractivity contribution in [3.05, 3.63) is 48.4 Å². The standard InChI is InChI=1S/C13H12N4O2S/c1-9-12(8-15-16-9)20(18,19)17-11-6-2-4-10-5-3-7-14-13(10)11/h2-8,17H,1H3,(H,15,16). The summed E-state index contributed by atoms with van der Waals surface area (Å²) in [5, 5.41) is 7.22. The molecule has 1 aromatic carbocycles. The number of aromatic amines is 1. The molecule has 3 aromatic rings. The first kappa shape index (κ1) is 12.6. The van der Waals surface area contributed by atoms with Crippen LogP contribution in [0, 0.1) is 6.92 Å². The quantitative estimate of drug-likeness (QED) is 0.772. The highest BCUT2D eigenvalue weighted by molar-refractivity contribution is 7.92. The summed E-state index contributed by atoms with van der Waals surface area (Å²) < 4.78 is 27.2. The lowest BCUT2D eigenvalue weighted by molar-refractivity contribution is 0.600. The van der Waals surface area contributed by atoms with E-state index in [4.69, 9.17) is 0 Å². The van der Waals surface area contributed by atoms with Crippen LogP contribution in [0.3, 0.4) is 0 Å². The molecule has 20 heavy (non-hydrogen) atoms. The Morgan fingerprint density at radius 2 is 2.00 bits per heavy atom. The number of rotatable bonds is 3. The molecule has 0 bridgehead atoms. The Morgan fingerprint density at radius 1 is 1.20 bits per heavy atom. The van der Waals surface area contributed by atoms with Gasteiger partial charge in [0.2, 0.25) is 0 Å². The number of sulfonamides is 1. The molecule has 3 rings (SSSR count). The number of aromatic nitrogens is 3. The second kappa shape index (κ2) is 4.61. The highest BCUT2D eigenvalue weighted by Crippen LogP contribution is 2.24. The Balaban J connectivity index is 2.08. The minimum atomic E-state index is -3.68. The van der Waals surface area contributed by atoms with Crippen molar-refractivity contribution in [2.45, 2.75) is 11.8 Å². The van der Waals surface area contributed by atoms with E-state index in [2.05, 4.69) is 19.9 Å². The molecule has 0 atom stereocenters. The third-order valence-corrected chi connectivity index (χ3v) is 4.43. The monoisotopic (exact) mass is 288 g/mol. The lowest BCUT2D eigenvalue weighted by Gasteiger charge is -2.09. The average Bonchev–Trinajstić information content (AvgIpc) is 2.86. The zero-order valence-corrected chi connectivity index (χ0v) is 11.5. The summed E-state index contributed by atoms with van der Waals surface area (Å²) in [6, 6.07) is 9.03. The van der Waals surface area contributed by atoms with Crippen molar-refractivity contribution in [3.63, 3.8) is 0 Å². The Labute approximate surface area is 115 Å². The van der Waals surface area contributed by atoms with E-state index < -0.39 is 10.0 Å². The van der Waals surface area contributed by atoms with Gasteiger partial charge in [0.25, 0.3) is 10.0 Å². The van der Waals surface area contributed by atoms with Crippen molar-refractivity contribution in [1.29, 1.82) is 0 Å². The SMILES string of the molecule is Cc1[nH]ncc1S(=O)(=O)Nc1cccc2cccnc12. The molecule has 0 unspecified atom stereocenters. The van der Waals surface area contributed by atoms with Crippen molar-refractivity contribution < 1.29 is 8.42 Å². The maximum Gasteiger partial charge on any atom is 0.265 e. The molecule has 0 saturated carbocycles. The summed E-state index contributed by atoms with van der Waals surface area (Å²) in [6.07, 6.45) is 2.92. The van der Waals surface area contributed by atoms with E-state index in [9.17, 15) is 8.42 Å². The summed E-state index contributed by atoms with van der Waals surface area (Å²) in [6.45, 7) is 1.66. The van der Waals surface area contributed by atoms with Crippen LogP contribution in [0.15, 0.2) is 47.6 Å². The van der Waals surface area contributed by atoms with Crippen molar-refractivity contribution >= 4 is 26.6 Å². The van der Waals surface area contributed by atoms with E-state index in [1.165, 1.54) is 6.20 Å². The van der Waals surface area contributed by atoms with Gasteiger partial charge < -0.3 is 0 Å². The van der Waals surface area contributed by atoms with E-state index >= 15 is 0 Å². The molecule has 7 heteroatoms. The average molecular weight is 288 g/mol. The van der Waals surface area contributed by atoms with Crippen LogP contribution in [0.2, 0.25) is 0 Å². The van der Waals surface area contributed by atoms with Crippen LogP contribution in [0.4, 0.5) is 5.69 Å². The number of H-pyrrole nitrogens is 1. The lowest BCUT2D eigenvalue weighted by atomic mass is 10.2. The number of anilines is 1. The van der Waals surface area contributed by atoms with E-state index in [1.54, 1.807) is 31.3 Å². The van der Waals surface area contributed by atoms with Gasteiger partial charge >= 0.3 is 0 Å². The minimum Gasteiger partial charge on any atom is -0.281 e. The normalized spacial score (nSPS) is 11.7. The zero-order valence-electron chi connectivity index (χ0n) is 10.7. The minimum absolute atomic E-state index is 0.130. The largest absolute Gasteiger partial charge is 0.281 e. The highest BCUT2D eigenvalue weighted by atomic mass is 32.2. The summed E-state index contributed by atoms with van der Waals surface area (Å²) in [5.74, 6) is 0. The summed E-state index contributed by atoms with van der Waals surface area (Å²) in [7, 11) is -3.68. The Kier molecular flexibility index (Phi) is 2.90. The maximum atomic E-state index is 12.3. The van der Waals surface area contributed by atoms with Crippen molar-refractivity contribution in [1.82, 2.24) is 15.2 Å². The molecule has 0 aliphatic rings. The first-order chi connectivity index (χ1) is 9.58. The molecule has 0 saturated heterocycles. The number of hydrogen-bond acceptors (Lipinski definition) is 4. The van der Waals surface area contributed by atoms with E-state index in [0.29, 0.717) is 16.9 Å². The fraction of sp³-hybridized carbons (Fsp3) is 0.0769. The topological polar surface area (TPSA) is 87.7 Å². The van der Waals surface area contributed by atoms with Gasteiger partial charge in [-0.2, -0.15) is 5.10 Å². The van der Waals surface area contributed by atoms with Crippen LogP contribution in [0.25, 0.3) is 10.9 Å². The second-order valence-corrected chi connectivity index (χ2v) is 6.00. The predicted molar refractivity (Wildman–Crippen MR) is 75.9 cm³/mol. The molecular formula is C13H12N4O2S. The molecule has 102 valence electrons. The number of aryl methyl sites for hydroxylation is 1. The molecule has 0 aliphatic heterocycles. The number of nitrogens with one attached hydrogen (secondary N) is 2. The Hall–Kier alpha value is -2.41. The van der Waals surface area contributed by atoms with Gasteiger partial charge in [-0.05, 0) is 19.1 Å². The van der Waals surface area contributed by atoms with Gasteiger partial charge in [0.15, 0.2) is 0 Å². The zero-order chi connectivity index (χ0) is 14.2. The van der Waals surface area contributed by atoms with Crippen molar-refractivity contribution in [2.75, 3.05) is 4.72 Å². The first-order valence-corrected chi connectivity index (χ1v) is 7.43. The first-order valence-electron chi connectivity index (χ1n) is 5.94. The highest BCUT2D eigenvalue weighted by Gasteiger charge is 2.19. The van der Waals surface area contributed by atoms with Gasteiger partial charge in [-0.1, -0.05) is 18.2 Å². The van der Waals surface area contributed by atoms with Gasteiger partial charge in [0.1, 0.15) is 4.90 Å². The molecular weight excluding hydrogens is 276 g/mol. The summed E-state index contributed by atoms with van der Waals surface area (Å²) in [4.78, 5) is 4.35. The molecule has 2 aromatic heterocycles. The smallest absolute Gasteiger partial charge is 0.265 e. The molecule has 2 N–H and O–H groups in total. The molecule has 6 nitrogen and oxygen atoms in total. The Bertz CT molecular complexity index is 865. The van der Waals surface area contributed by atoms with Crippen LogP contribution in [0.5, 0.6) is 0 Å². The lowest BCUT2D eigenvalue weighted by Crippen LogP contribution is -2.13. The van der Waals surface area contributed by atoms with Gasteiger partial charge in [-0.25, -0.2) is 8.42 Å². The molecule has 0 amide bonds. The van der Waals surface area contributed by atoms with Gasteiger partial charge in [-0.3, -0.25) is 14.8 Å². The summed E-state index contributed by atoms with van der Waals surface area (Å²) in [5.41, 5.74) is 1.55. The van der Waals surface area contributed by atoms with Crippen LogP contribution >= 0.6 is 0 Å². The van der Waals surface area contributed by atoms with Crippen LogP contribution in [0.1, 0.15) is 5.69 Å². The fourth-order valence-electron chi connectivity index (χ4n) is 2.00. The third-order valence-electron chi connectivity index (χ3n) is 2.95. The number of benzene rings is 1. The van der Waals surface area contributed by atoms with Crippen molar-refractivity contribution in [2.24, 2.45) is 0 Å². The van der Waals surface area contributed by atoms with Gasteiger partial charge in [0, 0.05) is 11.6 Å². The van der Waals surface area contributed by atoms with Crippen LogP contribution < -0.4 is 4.72 Å². The number of fused-ring (bicyclic) bond motifs is 1.